The van der Waals surface area contributed by atoms with E-state index in [4.69, 9.17) is 8.85 Å². The maximum Gasteiger partial charge on any atom is 0.424 e. The molecule has 3 heteroatoms. The summed E-state index contributed by atoms with van der Waals surface area (Å²) in [6, 6.07) is 28.1. The molecule has 27 heavy (non-hydrogen) atoms. The maximum absolute atomic E-state index is 5.99. The molecule has 0 aliphatic heterocycles. The lowest BCUT2D eigenvalue weighted by Crippen LogP contribution is -2.38. The van der Waals surface area contributed by atoms with Gasteiger partial charge < -0.3 is 8.85 Å². The normalized spacial score (nSPS) is 11.5. The minimum Gasteiger partial charge on any atom is -0.390 e. The quantitative estimate of drug-likeness (QED) is 0.332. The highest BCUT2D eigenvalue weighted by molar-refractivity contribution is 6.63. The van der Waals surface area contributed by atoms with Gasteiger partial charge in [-0.05, 0) is 46.5 Å². The van der Waals surface area contributed by atoms with Crippen LogP contribution in [0.5, 0.6) is 0 Å². The lowest BCUT2D eigenvalue weighted by molar-refractivity contribution is 0.225. The van der Waals surface area contributed by atoms with Crippen LogP contribution in [0.15, 0.2) is 78.9 Å². The monoisotopic (exact) mass is 371 g/mol. The summed E-state index contributed by atoms with van der Waals surface area (Å²) < 4.78 is 12.0. The van der Waals surface area contributed by atoms with E-state index >= 15 is 0 Å². The van der Waals surface area contributed by atoms with Crippen LogP contribution in [0.3, 0.4) is 0 Å². The molecular formula is C24H23O2Si. The largest absolute Gasteiger partial charge is 0.424 e. The highest BCUT2D eigenvalue weighted by Gasteiger charge is 2.22. The van der Waals surface area contributed by atoms with E-state index in [9.17, 15) is 0 Å². The lowest BCUT2D eigenvalue weighted by atomic mass is 9.95. The second kappa shape index (κ2) is 8.05. The first-order chi connectivity index (χ1) is 13.3. The second-order valence-corrected chi connectivity index (χ2v) is 8.08. The van der Waals surface area contributed by atoms with Crippen LogP contribution in [-0.4, -0.2) is 22.5 Å². The van der Waals surface area contributed by atoms with Gasteiger partial charge >= 0.3 is 9.28 Å². The smallest absolute Gasteiger partial charge is 0.390 e. The third-order valence-electron chi connectivity index (χ3n) is 4.77. The minimum atomic E-state index is -1.51. The van der Waals surface area contributed by atoms with Crippen LogP contribution < -0.4 is 5.19 Å². The average Bonchev–Trinajstić information content (AvgIpc) is 2.73. The molecule has 0 unspecified atom stereocenters. The van der Waals surface area contributed by atoms with Gasteiger partial charge in [0.05, 0.1) is 0 Å². The fourth-order valence-corrected chi connectivity index (χ4v) is 5.22. The van der Waals surface area contributed by atoms with Gasteiger partial charge in [-0.1, -0.05) is 78.9 Å². The fraction of sp³-hybridized carbons (Fsp3) is 0.167. The number of hydrogen-bond donors (Lipinski definition) is 0. The highest BCUT2D eigenvalue weighted by atomic mass is 28.3. The molecule has 0 saturated heterocycles. The van der Waals surface area contributed by atoms with E-state index in [-0.39, 0.29) is 0 Å². The summed E-state index contributed by atoms with van der Waals surface area (Å²) in [7, 11) is -1.51. The Labute approximate surface area is 162 Å². The SMILES string of the molecule is CCO[Si](OCC)c1ccccc1-c1cccc2c1ccc1ccccc12. The summed E-state index contributed by atoms with van der Waals surface area (Å²) >= 11 is 0. The zero-order valence-electron chi connectivity index (χ0n) is 15.7. The van der Waals surface area contributed by atoms with Crippen molar-refractivity contribution in [1.29, 1.82) is 0 Å². The molecule has 0 fully saturated rings. The highest BCUT2D eigenvalue weighted by Crippen LogP contribution is 2.32. The molecule has 135 valence electrons. The van der Waals surface area contributed by atoms with Crippen molar-refractivity contribution in [3.8, 4) is 11.1 Å². The van der Waals surface area contributed by atoms with E-state index in [1.165, 1.54) is 37.9 Å². The number of fused-ring (bicyclic) bond motifs is 3. The first-order valence-electron chi connectivity index (χ1n) is 9.46. The van der Waals surface area contributed by atoms with Crippen molar-refractivity contribution in [3.05, 3.63) is 78.9 Å². The molecule has 0 aliphatic carbocycles. The molecule has 0 amide bonds. The molecule has 1 radical (unpaired) electrons. The molecule has 0 aliphatic rings. The summed E-state index contributed by atoms with van der Waals surface area (Å²) in [4.78, 5) is 0. The molecular weight excluding hydrogens is 348 g/mol. The van der Waals surface area contributed by atoms with Gasteiger partial charge in [0.2, 0.25) is 0 Å². The molecule has 4 aromatic rings. The summed E-state index contributed by atoms with van der Waals surface area (Å²) in [5.74, 6) is 0. The van der Waals surface area contributed by atoms with Crippen molar-refractivity contribution in [1.82, 2.24) is 0 Å². The molecule has 0 bridgehead atoms. The van der Waals surface area contributed by atoms with Gasteiger partial charge in [0, 0.05) is 18.4 Å². The van der Waals surface area contributed by atoms with Gasteiger partial charge in [0.1, 0.15) is 0 Å². The average molecular weight is 372 g/mol. The van der Waals surface area contributed by atoms with Crippen LogP contribution in [0.1, 0.15) is 13.8 Å². The number of hydrogen-bond acceptors (Lipinski definition) is 2. The summed E-state index contributed by atoms with van der Waals surface area (Å²) in [6.45, 7) is 5.36. The molecule has 4 aromatic carbocycles. The van der Waals surface area contributed by atoms with Crippen molar-refractivity contribution in [3.63, 3.8) is 0 Å². The molecule has 0 aromatic heterocycles. The predicted octanol–water partition coefficient (Wildman–Crippen LogP) is 5.43. The van der Waals surface area contributed by atoms with Crippen molar-refractivity contribution in [2.24, 2.45) is 0 Å². The van der Waals surface area contributed by atoms with Crippen molar-refractivity contribution in [2.75, 3.05) is 13.2 Å². The van der Waals surface area contributed by atoms with Crippen LogP contribution in [0.4, 0.5) is 0 Å². The molecule has 0 spiro atoms. The Hall–Kier alpha value is -2.46. The number of benzene rings is 4. The van der Waals surface area contributed by atoms with E-state index in [0.717, 1.165) is 0 Å². The first kappa shape index (κ1) is 17.9. The van der Waals surface area contributed by atoms with Crippen molar-refractivity contribution < 1.29 is 8.85 Å². The third kappa shape index (κ3) is 3.42. The lowest BCUT2D eigenvalue weighted by Gasteiger charge is -2.18. The Kier molecular flexibility index (Phi) is 5.34. The predicted molar refractivity (Wildman–Crippen MR) is 116 cm³/mol. The third-order valence-corrected chi connectivity index (χ3v) is 6.75. The molecule has 4 rings (SSSR count). The van der Waals surface area contributed by atoms with Crippen LogP contribution in [0.2, 0.25) is 0 Å². The molecule has 0 saturated carbocycles. The van der Waals surface area contributed by atoms with Gasteiger partial charge in [-0.25, -0.2) is 0 Å². The molecule has 0 N–H and O–H groups in total. The zero-order valence-corrected chi connectivity index (χ0v) is 16.7. The van der Waals surface area contributed by atoms with Gasteiger partial charge in [0.15, 0.2) is 0 Å². The maximum atomic E-state index is 5.99. The van der Waals surface area contributed by atoms with Crippen LogP contribution in [-0.2, 0) is 8.85 Å². The topological polar surface area (TPSA) is 18.5 Å². The molecule has 0 atom stereocenters. The molecule has 2 nitrogen and oxygen atoms in total. The summed E-state index contributed by atoms with van der Waals surface area (Å²) in [6.07, 6.45) is 0. The van der Waals surface area contributed by atoms with Gasteiger partial charge in [-0.15, -0.1) is 0 Å². The van der Waals surface area contributed by atoms with E-state index in [0.29, 0.717) is 13.2 Å². The Morgan fingerprint density at radius 2 is 1.26 bits per heavy atom. The zero-order chi connectivity index (χ0) is 18.6. The van der Waals surface area contributed by atoms with Crippen LogP contribution in [0, 0.1) is 0 Å². The van der Waals surface area contributed by atoms with Crippen LogP contribution >= 0.6 is 0 Å². The fourth-order valence-electron chi connectivity index (χ4n) is 3.63. The Balaban J connectivity index is 1.94. The van der Waals surface area contributed by atoms with E-state index in [1.54, 1.807) is 0 Å². The Morgan fingerprint density at radius 3 is 2.07 bits per heavy atom. The number of rotatable bonds is 6. The minimum absolute atomic E-state index is 0.656. The van der Waals surface area contributed by atoms with Crippen molar-refractivity contribution in [2.45, 2.75) is 13.8 Å². The van der Waals surface area contributed by atoms with Crippen molar-refractivity contribution >= 4 is 36.0 Å². The second-order valence-electron chi connectivity index (χ2n) is 6.39. The Bertz CT molecular complexity index is 1070. The van der Waals surface area contributed by atoms with E-state index in [1.807, 2.05) is 13.8 Å². The van der Waals surface area contributed by atoms with Gasteiger partial charge in [0.25, 0.3) is 0 Å². The van der Waals surface area contributed by atoms with E-state index in [2.05, 4.69) is 78.9 Å². The van der Waals surface area contributed by atoms with E-state index < -0.39 is 9.28 Å². The van der Waals surface area contributed by atoms with Gasteiger partial charge in [-0.2, -0.15) is 0 Å². The summed E-state index contributed by atoms with van der Waals surface area (Å²) in [5, 5.41) is 6.27. The van der Waals surface area contributed by atoms with Gasteiger partial charge in [-0.3, -0.25) is 0 Å². The summed E-state index contributed by atoms with van der Waals surface area (Å²) in [5.41, 5.74) is 2.44. The first-order valence-corrected chi connectivity index (χ1v) is 10.8. The molecule has 0 heterocycles. The standard InChI is InChI=1S/C24H23O2Si/c1-3-25-27(26-4-2)24-15-8-7-12-23(24)21-14-9-13-20-19-11-6-5-10-18(19)16-17-22(20)21/h5-17H,3-4H2,1-2H3. The Morgan fingerprint density at radius 1 is 0.593 bits per heavy atom. The van der Waals surface area contributed by atoms with Crippen LogP contribution in [0.25, 0.3) is 32.7 Å².